The molecule has 3 saturated heterocycles. The van der Waals surface area contributed by atoms with Gasteiger partial charge in [0.1, 0.15) is 11.6 Å². The summed E-state index contributed by atoms with van der Waals surface area (Å²) in [7, 11) is 0. The van der Waals surface area contributed by atoms with Crippen LogP contribution >= 0.6 is 0 Å². The summed E-state index contributed by atoms with van der Waals surface area (Å²) in [5.74, 6) is -3.69. The van der Waals surface area contributed by atoms with Crippen molar-refractivity contribution in [1.29, 1.82) is 0 Å². The van der Waals surface area contributed by atoms with Crippen molar-refractivity contribution in [3.05, 3.63) is 12.7 Å². The first-order valence-electron chi connectivity index (χ1n) is 12.4. The van der Waals surface area contributed by atoms with Gasteiger partial charge in [0.2, 0.25) is 11.8 Å². The normalized spacial score (nSPS) is 34.3. The zero-order chi connectivity index (χ0) is 24.6. The smallest absolute Gasteiger partial charge is 0.310 e. The number of carboxylic acid groups (broad SMARTS) is 1. The number of carbonyl (C=O) groups excluding carboxylic acids is 2. The van der Waals surface area contributed by atoms with Crippen LogP contribution in [0.3, 0.4) is 0 Å². The maximum atomic E-state index is 14.1. The van der Waals surface area contributed by atoms with Gasteiger partial charge in [-0.25, -0.2) is 0 Å². The van der Waals surface area contributed by atoms with E-state index in [0.29, 0.717) is 32.4 Å². The summed E-state index contributed by atoms with van der Waals surface area (Å²) in [6.07, 6.45) is 6.14. The van der Waals surface area contributed by atoms with Crippen molar-refractivity contribution in [2.24, 2.45) is 17.8 Å². The number of nitrogens with zero attached hydrogens (tertiary/aromatic N) is 2. The second kappa shape index (κ2) is 9.74. The third kappa shape index (κ3) is 3.99. The lowest BCUT2D eigenvalue weighted by Gasteiger charge is -2.41. The molecule has 8 heteroatoms. The van der Waals surface area contributed by atoms with Crippen LogP contribution in [-0.2, 0) is 19.1 Å². The topological polar surface area (TPSA) is 107 Å². The Morgan fingerprint density at radius 3 is 2.58 bits per heavy atom. The molecule has 0 aromatic rings. The highest BCUT2D eigenvalue weighted by molar-refractivity contribution is 5.98. The quantitative estimate of drug-likeness (QED) is 0.339. The van der Waals surface area contributed by atoms with Gasteiger partial charge in [-0.1, -0.05) is 46.1 Å². The molecule has 3 aliphatic rings. The Kier molecular flexibility index (Phi) is 7.58. The fourth-order valence-corrected chi connectivity index (χ4v) is 6.36. The summed E-state index contributed by atoms with van der Waals surface area (Å²) in [6.45, 7) is 12.1. The number of carboxylic acids is 1. The van der Waals surface area contributed by atoms with Crippen molar-refractivity contribution < 1.29 is 29.3 Å². The number of hydrogen-bond acceptors (Lipinski definition) is 5. The van der Waals surface area contributed by atoms with E-state index in [9.17, 15) is 24.6 Å². The molecular weight excluding hydrogens is 424 g/mol. The number of fused-ring (bicyclic) bond motifs is 1. The zero-order valence-electron chi connectivity index (χ0n) is 20.5. The number of ether oxygens (including phenoxy) is 1. The molecule has 3 aliphatic heterocycles. The molecule has 3 rings (SSSR count). The van der Waals surface area contributed by atoms with Crippen molar-refractivity contribution in [2.75, 3.05) is 19.7 Å². The van der Waals surface area contributed by atoms with Crippen molar-refractivity contribution in [3.8, 4) is 0 Å². The highest BCUT2D eigenvalue weighted by atomic mass is 16.5. The molecule has 0 saturated carbocycles. The number of rotatable bonds is 12. The number of aliphatic hydroxyl groups excluding tert-OH is 1. The van der Waals surface area contributed by atoms with E-state index in [0.717, 1.165) is 19.3 Å². The number of carbonyl (C=O) groups is 3. The molecule has 2 unspecified atom stereocenters. The molecule has 2 bridgehead atoms. The number of unbranched alkanes of at least 4 members (excludes halogenated alkanes) is 2. The summed E-state index contributed by atoms with van der Waals surface area (Å²) in [5, 5.41) is 20.3. The number of hydrogen-bond donors (Lipinski definition) is 2. The Labute approximate surface area is 196 Å². The SMILES string of the molecule is C=CCN(CCCCC)C(=O)C1N([C@@H](CO)[C@@H](C)CC)C(=O)[C@@H]2[C@H](C(=O)O)[C@]3(C)CCC12O3. The Balaban J connectivity index is 2.09. The van der Waals surface area contributed by atoms with Gasteiger partial charge >= 0.3 is 5.97 Å². The first-order chi connectivity index (χ1) is 15.6. The van der Waals surface area contributed by atoms with Crippen LogP contribution in [0.1, 0.15) is 66.2 Å². The van der Waals surface area contributed by atoms with E-state index < -0.39 is 41.1 Å². The van der Waals surface area contributed by atoms with Crippen LogP contribution in [0, 0.1) is 17.8 Å². The largest absolute Gasteiger partial charge is 0.481 e. The van der Waals surface area contributed by atoms with E-state index in [-0.39, 0.29) is 24.3 Å². The Bertz CT molecular complexity index is 787. The molecule has 186 valence electrons. The minimum absolute atomic E-state index is 0.0616. The average Bonchev–Trinajstić information content (AvgIpc) is 3.34. The van der Waals surface area contributed by atoms with Gasteiger partial charge in [-0.3, -0.25) is 14.4 Å². The Morgan fingerprint density at radius 2 is 2.03 bits per heavy atom. The van der Waals surface area contributed by atoms with Gasteiger partial charge in [-0.2, -0.15) is 0 Å². The van der Waals surface area contributed by atoms with Crippen LogP contribution in [0.5, 0.6) is 0 Å². The van der Waals surface area contributed by atoms with Gasteiger partial charge in [0.15, 0.2) is 0 Å². The first-order valence-corrected chi connectivity index (χ1v) is 12.4. The standard InChI is InChI=1S/C25H40N2O6/c1-6-9-10-14-26(13-7-2)22(30)20-25-12-11-24(5,33-25)19(23(31)32)18(25)21(29)27(20)17(15-28)16(4)8-3/h7,16-20,28H,2,6,8-15H2,1,3-5H3,(H,31,32)/t16-,17-,18-,19+,20?,24-,25?/m0/s1. The van der Waals surface area contributed by atoms with Gasteiger partial charge in [0.25, 0.3) is 0 Å². The molecule has 2 N–H and O–H groups in total. The molecule has 7 atom stereocenters. The number of amides is 2. The third-order valence-corrected chi connectivity index (χ3v) is 8.25. The Morgan fingerprint density at radius 1 is 1.33 bits per heavy atom. The molecule has 3 heterocycles. The van der Waals surface area contributed by atoms with Crippen LogP contribution < -0.4 is 0 Å². The Hall–Kier alpha value is -1.93. The highest BCUT2D eigenvalue weighted by Crippen LogP contribution is 2.63. The van der Waals surface area contributed by atoms with Crippen LogP contribution in [0.15, 0.2) is 12.7 Å². The molecule has 0 aromatic heterocycles. The monoisotopic (exact) mass is 464 g/mol. The number of aliphatic hydroxyl groups is 1. The molecule has 1 spiro atoms. The second-order valence-corrected chi connectivity index (χ2v) is 10.2. The fraction of sp³-hybridized carbons (Fsp3) is 0.800. The molecule has 3 fully saturated rings. The average molecular weight is 465 g/mol. The van der Waals surface area contributed by atoms with E-state index in [1.807, 2.05) is 13.8 Å². The number of aliphatic carboxylic acids is 1. The van der Waals surface area contributed by atoms with Gasteiger partial charge < -0.3 is 24.7 Å². The predicted octanol–water partition coefficient (Wildman–Crippen LogP) is 2.45. The summed E-state index contributed by atoms with van der Waals surface area (Å²) in [6, 6.07) is -1.53. The lowest BCUT2D eigenvalue weighted by atomic mass is 9.66. The van der Waals surface area contributed by atoms with Gasteiger partial charge in [0, 0.05) is 13.1 Å². The molecule has 0 aliphatic carbocycles. The first kappa shape index (κ1) is 25.7. The molecule has 2 amide bonds. The summed E-state index contributed by atoms with van der Waals surface area (Å²) < 4.78 is 6.44. The molecule has 33 heavy (non-hydrogen) atoms. The van der Waals surface area contributed by atoms with Gasteiger partial charge in [-0.15, -0.1) is 6.58 Å². The van der Waals surface area contributed by atoms with Gasteiger partial charge in [-0.05, 0) is 32.1 Å². The number of likely N-dealkylation sites (tertiary alicyclic amines) is 1. The zero-order valence-corrected chi connectivity index (χ0v) is 20.5. The maximum Gasteiger partial charge on any atom is 0.310 e. The van der Waals surface area contributed by atoms with E-state index in [2.05, 4.69) is 13.5 Å². The van der Waals surface area contributed by atoms with E-state index in [1.54, 1.807) is 17.9 Å². The van der Waals surface area contributed by atoms with Crippen molar-refractivity contribution >= 4 is 17.8 Å². The van der Waals surface area contributed by atoms with Crippen molar-refractivity contribution in [3.63, 3.8) is 0 Å². The van der Waals surface area contributed by atoms with E-state index in [4.69, 9.17) is 4.74 Å². The maximum absolute atomic E-state index is 14.1. The van der Waals surface area contributed by atoms with Crippen LogP contribution in [-0.4, -0.2) is 80.8 Å². The lowest BCUT2D eigenvalue weighted by molar-refractivity contribution is -0.159. The minimum Gasteiger partial charge on any atom is -0.481 e. The van der Waals surface area contributed by atoms with Crippen LogP contribution in [0.4, 0.5) is 0 Å². The van der Waals surface area contributed by atoms with Crippen LogP contribution in [0.25, 0.3) is 0 Å². The third-order valence-electron chi connectivity index (χ3n) is 8.25. The van der Waals surface area contributed by atoms with Crippen molar-refractivity contribution in [2.45, 2.75) is 89.5 Å². The molecule has 0 radical (unpaired) electrons. The highest BCUT2D eigenvalue weighted by Gasteiger charge is 2.79. The summed E-state index contributed by atoms with van der Waals surface area (Å²) >= 11 is 0. The van der Waals surface area contributed by atoms with Gasteiger partial charge in [0.05, 0.1) is 30.1 Å². The minimum atomic E-state index is -1.18. The molecule has 8 nitrogen and oxygen atoms in total. The molecular formula is C25H40N2O6. The second-order valence-electron chi connectivity index (χ2n) is 10.2. The molecule has 0 aromatic carbocycles. The van der Waals surface area contributed by atoms with Crippen molar-refractivity contribution in [1.82, 2.24) is 9.80 Å². The lowest BCUT2D eigenvalue weighted by Crippen LogP contribution is -2.60. The summed E-state index contributed by atoms with van der Waals surface area (Å²) in [5.41, 5.74) is -2.16. The van der Waals surface area contributed by atoms with E-state index in [1.165, 1.54) is 4.90 Å². The predicted molar refractivity (Wildman–Crippen MR) is 123 cm³/mol. The summed E-state index contributed by atoms with van der Waals surface area (Å²) in [4.78, 5) is 43.5. The van der Waals surface area contributed by atoms with E-state index >= 15 is 0 Å². The fourth-order valence-electron chi connectivity index (χ4n) is 6.36. The van der Waals surface area contributed by atoms with Crippen LogP contribution in [0.2, 0.25) is 0 Å².